The van der Waals surface area contributed by atoms with Gasteiger partial charge < -0.3 is 10.8 Å². The number of hydrogen-bond donors (Lipinski definition) is 2. The van der Waals surface area contributed by atoms with Crippen LogP contribution in [0.2, 0.25) is 0 Å². The van der Waals surface area contributed by atoms with Crippen LogP contribution in [-0.4, -0.2) is 11.7 Å². The third-order valence-electron chi connectivity index (χ3n) is 6.10. The quantitative estimate of drug-likeness (QED) is 0.885. The molecule has 108 valence electrons. The van der Waals surface area contributed by atoms with Crippen molar-refractivity contribution in [2.45, 2.75) is 50.4 Å². The number of nitrogens with two attached hydrogens (primary N) is 1. The van der Waals surface area contributed by atoms with Crippen molar-refractivity contribution in [1.29, 1.82) is 0 Å². The number of hydrogen-bond acceptors (Lipinski definition) is 2. The van der Waals surface area contributed by atoms with E-state index in [9.17, 15) is 5.11 Å². The topological polar surface area (TPSA) is 46.2 Å². The average molecular weight is 271 g/mol. The van der Waals surface area contributed by atoms with Gasteiger partial charge in [0.15, 0.2) is 0 Å². The van der Waals surface area contributed by atoms with E-state index in [2.05, 4.69) is 6.07 Å². The van der Waals surface area contributed by atoms with Crippen LogP contribution in [-0.2, 0) is 11.8 Å². The van der Waals surface area contributed by atoms with Crippen molar-refractivity contribution in [2.24, 2.45) is 23.5 Å². The van der Waals surface area contributed by atoms with Crippen molar-refractivity contribution in [3.05, 3.63) is 29.3 Å². The summed E-state index contributed by atoms with van der Waals surface area (Å²) in [5, 5.41) is 10.4. The van der Waals surface area contributed by atoms with Crippen LogP contribution in [0.3, 0.4) is 0 Å². The van der Waals surface area contributed by atoms with Crippen LogP contribution in [0.5, 0.6) is 5.75 Å². The summed E-state index contributed by atoms with van der Waals surface area (Å²) in [6, 6.07) is 6.19. The van der Waals surface area contributed by atoms with E-state index < -0.39 is 0 Å². The lowest BCUT2D eigenvalue weighted by Gasteiger charge is -2.57. The molecule has 0 spiro atoms. The predicted molar refractivity (Wildman–Crippen MR) is 80.7 cm³/mol. The van der Waals surface area contributed by atoms with Gasteiger partial charge >= 0.3 is 0 Å². The van der Waals surface area contributed by atoms with Crippen molar-refractivity contribution >= 4 is 0 Å². The lowest BCUT2D eigenvalue weighted by Crippen LogP contribution is -2.48. The van der Waals surface area contributed by atoms with Crippen LogP contribution in [0.1, 0.15) is 49.7 Å². The molecule has 0 atom stereocenters. The molecule has 0 aliphatic heterocycles. The maximum Gasteiger partial charge on any atom is 0.119 e. The minimum atomic E-state index is 0.281. The van der Waals surface area contributed by atoms with Gasteiger partial charge in [0.2, 0.25) is 0 Å². The molecule has 0 heterocycles. The lowest BCUT2D eigenvalue weighted by molar-refractivity contribution is -0.00616. The van der Waals surface area contributed by atoms with Gasteiger partial charge in [0.05, 0.1) is 0 Å². The van der Waals surface area contributed by atoms with Crippen molar-refractivity contribution in [3.8, 4) is 5.75 Å². The molecule has 4 bridgehead atoms. The first-order valence-electron chi connectivity index (χ1n) is 8.21. The molecule has 4 saturated carbocycles. The van der Waals surface area contributed by atoms with E-state index >= 15 is 0 Å². The molecule has 0 saturated heterocycles. The van der Waals surface area contributed by atoms with Crippen molar-refractivity contribution < 1.29 is 5.11 Å². The zero-order chi connectivity index (χ0) is 13.7. The van der Waals surface area contributed by atoms with Crippen LogP contribution in [0.15, 0.2) is 18.2 Å². The first kappa shape index (κ1) is 12.7. The smallest absolute Gasteiger partial charge is 0.119 e. The Balaban J connectivity index is 1.74. The van der Waals surface area contributed by atoms with Gasteiger partial charge in [0, 0.05) is 5.56 Å². The predicted octanol–water partition coefficient (Wildman–Crippen LogP) is 3.36. The normalized spacial score (nSPS) is 38.4. The molecule has 5 rings (SSSR count). The molecule has 1 aromatic carbocycles. The van der Waals surface area contributed by atoms with Crippen LogP contribution in [0.4, 0.5) is 0 Å². The Morgan fingerprint density at radius 3 is 2.20 bits per heavy atom. The second-order valence-electron chi connectivity index (χ2n) is 7.59. The van der Waals surface area contributed by atoms with Gasteiger partial charge in [-0.15, -0.1) is 0 Å². The third kappa shape index (κ3) is 1.88. The molecule has 4 aliphatic carbocycles. The highest BCUT2D eigenvalue weighted by Gasteiger charge is 2.52. The number of rotatable bonds is 3. The monoisotopic (exact) mass is 271 g/mol. The zero-order valence-electron chi connectivity index (χ0n) is 12.1. The number of phenolic OH excluding ortho intramolecular Hbond substituents is 1. The van der Waals surface area contributed by atoms with E-state index in [1.54, 1.807) is 0 Å². The SMILES string of the molecule is NCCc1ccc(O)c(C23CC4CC(CC(C4)C2)C3)c1. The van der Waals surface area contributed by atoms with E-state index in [0.29, 0.717) is 12.3 Å². The molecule has 1 aromatic rings. The largest absolute Gasteiger partial charge is 0.508 e. The summed E-state index contributed by atoms with van der Waals surface area (Å²) in [6.07, 6.45) is 9.17. The number of phenols is 1. The van der Waals surface area contributed by atoms with Gasteiger partial charge in [-0.25, -0.2) is 0 Å². The zero-order valence-corrected chi connectivity index (χ0v) is 12.1. The standard InChI is InChI=1S/C18H25NO/c19-4-3-12-1-2-17(20)16(8-12)18-9-13-5-14(10-18)7-15(6-13)11-18/h1-2,8,13-15,20H,3-7,9-11,19H2. The van der Waals surface area contributed by atoms with Gasteiger partial charge in [-0.2, -0.15) is 0 Å². The van der Waals surface area contributed by atoms with Crippen LogP contribution < -0.4 is 5.73 Å². The highest BCUT2D eigenvalue weighted by Crippen LogP contribution is 2.61. The van der Waals surface area contributed by atoms with Gasteiger partial charge in [-0.1, -0.05) is 12.1 Å². The molecular weight excluding hydrogens is 246 g/mol. The second-order valence-corrected chi connectivity index (χ2v) is 7.59. The van der Waals surface area contributed by atoms with Gasteiger partial charge in [0.1, 0.15) is 5.75 Å². The summed E-state index contributed by atoms with van der Waals surface area (Å²) in [4.78, 5) is 0. The first-order chi connectivity index (χ1) is 9.68. The summed E-state index contributed by atoms with van der Waals surface area (Å²) in [7, 11) is 0. The molecule has 2 nitrogen and oxygen atoms in total. The minimum Gasteiger partial charge on any atom is -0.508 e. The highest BCUT2D eigenvalue weighted by molar-refractivity contribution is 5.43. The molecule has 0 amide bonds. The van der Waals surface area contributed by atoms with Crippen molar-refractivity contribution in [3.63, 3.8) is 0 Å². The number of aromatic hydroxyl groups is 1. The molecule has 0 unspecified atom stereocenters. The summed E-state index contributed by atoms with van der Waals surface area (Å²) in [5.74, 6) is 3.27. The minimum absolute atomic E-state index is 0.281. The Morgan fingerprint density at radius 2 is 1.65 bits per heavy atom. The Bertz CT molecular complexity index is 487. The molecule has 0 radical (unpaired) electrons. The third-order valence-corrected chi connectivity index (χ3v) is 6.10. The van der Waals surface area contributed by atoms with Crippen LogP contribution in [0, 0.1) is 17.8 Å². The molecular formula is C18H25NO. The number of benzene rings is 1. The average Bonchev–Trinajstić information content (AvgIpc) is 2.39. The van der Waals surface area contributed by atoms with Gasteiger partial charge in [0.25, 0.3) is 0 Å². The molecule has 3 N–H and O–H groups in total. The van der Waals surface area contributed by atoms with Gasteiger partial charge in [-0.3, -0.25) is 0 Å². The molecule has 20 heavy (non-hydrogen) atoms. The second kappa shape index (κ2) is 4.49. The van der Waals surface area contributed by atoms with E-state index in [1.165, 1.54) is 49.7 Å². The summed E-state index contributed by atoms with van der Waals surface area (Å²) >= 11 is 0. The van der Waals surface area contributed by atoms with Crippen molar-refractivity contribution in [2.75, 3.05) is 6.54 Å². The Labute approximate surface area is 121 Å². The Hall–Kier alpha value is -1.02. The fourth-order valence-electron chi connectivity index (χ4n) is 5.77. The van der Waals surface area contributed by atoms with E-state index in [4.69, 9.17) is 5.73 Å². The lowest BCUT2D eigenvalue weighted by atomic mass is 9.48. The van der Waals surface area contributed by atoms with Crippen LogP contribution in [0.25, 0.3) is 0 Å². The van der Waals surface area contributed by atoms with Gasteiger partial charge in [-0.05, 0) is 86.3 Å². The molecule has 4 fully saturated rings. The van der Waals surface area contributed by atoms with E-state index in [-0.39, 0.29) is 5.41 Å². The van der Waals surface area contributed by atoms with E-state index in [0.717, 1.165) is 24.2 Å². The molecule has 4 aliphatic rings. The maximum atomic E-state index is 10.4. The summed E-state index contributed by atoms with van der Waals surface area (Å²) in [5.41, 5.74) is 8.50. The maximum absolute atomic E-state index is 10.4. The highest BCUT2D eigenvalue weighted by atomic mass is 16.3. The van der Waals surface area contributed by atoms with Crippen LogP contribution >= 0.6 is 0 Å². The Kier molecular flexibility index (Phi) is 2.85. The van der Waals surface area contributed by atoms with Crippen molar-refractivity contribution in [1.82, 2.24) is 0 Å². The molecule has 0 aromatic heterocycles. The summed E-state index contributed by atoms with van der Waals surface area (Å²) in [6.45, 7) is 0.686. The van der Waals surface area contributed by atoms with E-state index in [1.807, 2.05) is 12.1 Å². The fraction of sp³-hybridized carbons (Fsp3) is 0.667. The summed E-state index contributed by atoms with van der Waals surface area (Å²) < 4.78 is 0. The fourth-order valence-corrected chi connectivity index (χ4v) is 5.77. The molecule has 2 heteroatoms. The Morgan fingerprint density at radius 1 is 1.05 bits per heavy atom. The first-order valence-corrected chi connectivity index (χ1v) is 8.21.